The van der Waals surface area contributed by atoms with Gasteiger partial charge in [-0.05, 0) is 17.7 Å². The average molecular weight is 274 g/mol. The first-order valence-electron chi connectivity index (χ1n) is 5.93. The largest absolute Gasteiger partial charge is 0.480 e. The molecule has 6 heteroatoms. The van der Waals surface area contributed by atoms with E-state index < -0.39 is 5.97 Å². The smallest absolute Gasteiger partial charge is 0.337 e. The fraction of sp³-hybridized carbons (Fsp3) is 0.214. The highest BCUT2D eigenvalue weighted by molar-refractivity contribution is 5.89. The second-order valence-electron chi connectivity index (χ2n) is 4.06. The first-order chi connectivity index (χ1) is 9.63. The van der Waals surface area contributed by atoms with E-state index in [9.17, 15) is 9.59 Å². The number of hydrogen-bond acceptors (Lipinski definition) is 5. The molecule has 0 amide bonds. The zero-order valence-electron chi connectivity index (χ0n) is 11.2. The monoisotopic (exact) mass is 274 g/mol. The molecule has 0 radical (unpaired) electrons. The molecule has 2 rings (SSSR count). The minimum atomic E-state index is -0.395. The first kappa shape index (κ1) is 13.8. The first-order valence-corrected chi connectivity index (χ1v) is 5.93. The third kappa shape index (κ3) is 3.03. The van der Waals surface area contributed by atoms with Crippen LogP contribution in [0.1, 0.15) is 15.9 Å². The zero-order chi connectivity index (χ0) is 14.5. The lowest BCUT2D eigenvalue weighted by Gasteiger charge is -2.07. The van der Waals surface area contributed by atoms with Crippen molar-refractivity contribution in [3.05, 3.63) is 57.9 Å². The van der Waals surface area contributed by atoms with Crippen LogP contribution in [-0.2, 0) is 11.3 Å². The molecule has 0 atom stereocenters. The Morgan fingerprint density at radius 3 is 2.45 bits per heavy atom. The minimum Gasteiger partial charge on any atom is -0.480 e. The van der Waals surface area contributed by atoms with E-state index >= 15 is 0 Å². The summed E-state index contributed by atoms with van der Waals surface area (Å²) in [5.41, 5.74) is 1.09. The van der Waals surface area contributed by atoms with Crippen LogP contribution in [0.2, 0.25) is 0 Å². The molecule has 1 heterocycles. The van der Waals surface area contributed by atoms with Gasteiger partial charge in [-0.3, -0.25) is 4.79 Å². The Labute approximate surface area is 115 Å². The number of ether oxygens (including phenoxy) is 2. The molecule has 1 aromatic heterocycles. The minimum absolute atomic E-state index is 0.220. The van der Waals surface area contributed by atoms with Gasteiger partial charge in [0, 0.05) is 12.1 Å². The molecule has 0 N–H and O–H groups in total. The molecule has 0 saturated carbocycles. The van der Waals surface area contributed by atoms with Crippen molar-refractivity contribution in [1.29, 1.82) is 0 Å². The Morgan fingerprint density at radius 1 is 1.15 bits per heavy atom. The van der Waals surface area contributed by atoms with Crippen molar-refractivity contribution in [3.63, 3.8) is 0 Å². The van der Waals surface area contributed by atoms with Crippen LogP contribution >= 0.6 is 0 Å². The molecule has 6 nitrogen and oxygen atoms in total. The highest BCUT2D eigenvalue weighted by atomic mass is 16.5. The molecule has 0 fully saturated rings. The van der Waals surface area contributed by atoms with E-state index in [2.05, 4.69) is 9.84 Å². The van der Waals surface area contributed by atoms with Crippen LogP contribution in [0.4, 0.5) is 0 Å². The Kier molecular flexibility index (Phi) is 4.14. The van der Waals surface area contributed by atoms with Crippen LogP contribution in [0, 0.1) is 0 Å². The summed E-state index contributed by atoms with van der Waals surface area (Å²) in [5.74, 6) is -0.0241. The molecule has 0 spiro atoms. The highest BCUT2D eigenvalue weighted by Gasteiger charge is 2.06. The maximum atomic E-state index is 11.7. The van der Waals surface area contributed by atoms with Crippen LogP contribution in [-0.4, -0.2) is 30.0 Å². The topological polar surface area (TPSA) is 70.4 Å². The number of aromatic nitrogens is 2. The number of hydrogen-bond donors (Lipinski definition) is 0. The van der Waals surface area contributed by atoms with Crippen LogP contribution < -0.4 is 10.3 Å². The molecule has 0 aliphatic carbocycles. The molecule has 0 bridgehead atoms. The molecule has 20 heavy (non-hydrogen) atoms. The predicted octanol–water partition coefficient (Wildman–Crippen LogP) is 1.09. The number of esters is 1. The van der Waals surface area contributed by atoms with E-state index in [4.69, 9.17) is 4.74 Å². The molecular weight excluding hydrogens is 260 g/mol. The van der Waals surface area contributed by atoms with Gasteiger partial charge in [0.1, 0.15) is 0 Å². The van der Waals surface area contributed by atoms with E-state index in [1.807, 2.05) is 0 Å². The Hall–Kier alpha value is -2.63. The maximum Gasteiger partial charge on any atom is 0.337 e. The van der Waals surface area contributed by atoms with Crippen LogP contribution in [0.15, 0.2) is 41.2 Å². The number of rotatable bonds is 4. The van der Waals surface area contributed by atoms with Gasteiger partial charge in [-0.15, -0.1) is 5.10 Å². The van der Waals surface area contributed by atoms with E-state index in [0.717, 1.165) is 5.56 Å². The Bertz CT molecular complexity index is 662. The normalized spacial score (nSPS) is 10.1. The number of methoxy groups -OCH3 is 2. The third-order valence-corrected chi connectivity index (χ3v) is 2.76. The third-order valence-electron chi connectivity index (χ3n) is 2.76. The van der Waals surface area contributed by atoms with E-state index in [-0.39, 0.29) is 5.56 Å². The molecule has 0 aliphatic heterocycles. The number of nitrogens with zero attached hydrogens (tertiary/aromatic N) is 2. The van der Waals surface area contributed by atoms with E-state index in [0.29, 0.717) is 18.0 Å². The van der Waals surface area contributed by atoms with Crippen LogP contribution in [0.3, 0.4) is 0 Å². The van der Waals surface area contributed by atoms with Gasteiger partial charge in [0.15, 0.2) is 0 Å². The van der Waals surface area contributed by atoms with Crippen molar-refractivity contribution in [2.24, 2.45) is 0 Å². The molecule has 2 aromatic rings. The van der Waals surface area contributed by atoms with Crippen molar-refractivity contribution in [1.82, 2.24) is 9.78 Å². The molecule has 1 aromatic carbocycles. The van der Waals surface area contributed by atoms with Crippen molar-refractivity contribution >= 4 is 5.97 Å². The van der Waals surface area contributed by atoms with Crippen molar-refractivity contribution in [2.45, 2.75) is 6.54 Å². The van der Waals surface area contributed by atoms with Crippen molar-refractivity contribution in [2.75, 3.05) is 14.2 Å². The molecule has 0 unspecified atom stereocenters. The second kappa shape index (κ2) is 6.01. The van der Waals surface area contributed by atoms with Crippen LogP contribution in [0.25, 0.3) is 0 Å². The summed E-state index contributed by atoms with van der Waals surface area (Å²) in [6, 6.07) is 9.70. The molecule has 104 valence electrons. The number of carbonyl (C=O) groups is 1. The van der Waals surface area contributed by atoms with Gasteiger partial charge in [-0.25, -0.2) is 9.48 Å². The van der Waals surface area contributed by atoms with Gasteiger partial charge >= 0.3 is 5.97 Å². The van der Waals surface area contributed by atoms with Gasteiger partial charge in [-0.1, -0.05) is 12.1 Å². The molecule has 0 aliphatic rings. The van der Waals surface area contributed by atoms with Gasteiger partial charge in [-0.2, -0.15) is 0 Å². The summed E-state index contributed by atoms with van der Waals surface area (Å²) < 4.78 is 10.9. The van der Waals surface area contributed by atoms with Crippen LogP contribution in [0.5, 0.6) is 5.88 Å². The maximum absolute atomic E-state index is 11.7. The number of carbonyl (C=O) groups excluding carboxylic acids is 1. The van der Waals surface area contributed by atoms with Gasteiger partial charge in [0.05, 0.1) is 26.3 Å². The SMILES string of the molecule is COC(=O)c1ccc(Cn2nc(OC)ccc2=O)cc1. The van der Waals surface area contributed by atoms with E-state index in [1.54, 1.807) is 24.3 Å². The summed E-state index contributed by atoms with van der Waals surface area (Å²) in [5, 5.41) is 4.05. The van der Waals surface area contributed by atoms with Gasteiger partial charge < -0.3 is 9.47 Å². The fourth-order valence-corrected chi connectivity index (χ4v) is 1.69. The van der Waals surface area contributed by atoms with Crippen molar-refractivity contribution in [3.8, 4) is 5.88 Å². The zero-order valence-corrected chi connectivity index (χ0v) is 11.2. The lowest BCUT2D eigenvalue weighted by molar-refractivity contribution is 0.0600. The lowest BCUT2D eigenvalue weighted by Crippen LogP contribution is -2.22. The molecular formula is C14H14N2O4. The Balaban J connectivity index is 2.22. The quantitative estimate of drug-likeness (QED) is 0.780. The highest BCUT2D eigenvalue weighted by Crippen LogP contribution is 2.07. The summed E-state index contributed by atoms with van der Waals surface area (Å²) in [7, 11) is 2.82. The van der Waals surface area contributed by atoms with Crippen molar-refractivity contribution < 1.29 is 14.3 Å². The Morgan fingerprint density at radius 2 is 1.85 bits per heavy atom. The summed E-state index contributed by atoms with van der Waals surface area (Å²) in [6.45, 7) is 0.303. The molecule has 0 saturated heterocycles. The number of benzene rings is 1. The summed E-state index contributed by atoms with van der Waals surface area (Å²) >= 11 is 0. The lowest BCUT2D eigenvalue weighted by atomic mass is 10.1. The fourth-order valence-electron chi connectivity index (χ4n) is 1.69. The standard InChI is InChI=1S/C14H14N2O4/c1-19-12-7-8-13(17)16(15-12)9-10-3-5-11(6-4-10)14(18)20-2/h3-8H,9H2,1-2H3. The average Bonchev–Trinajstić information content (AvgIpc) is 2.49. The van der Waals surface area contributed by atoms with Gasteiger partial charge in [0.25, 0.3) is 5.56 Å². The summed E-state index contributed by atoms with van der Waals surface area (Å²) in [6.07, 6.45) is 0. The second-order valence-corrected chi connectivity index (χ2v) is 4.06. The van der Waals surface area contributed by atoms with E-state index in [1.165, 1.54) is 31.0 Å². The summed E-state index contributed by atoms with van der Waals surface area (Å²) in [4.78, 5) is 23.0. The predicted molar refractivity (Wildman–Crippen MR) is 71.9 cm³/mol. The van der Waals surface area contributed by atoms with Gasteiger partial charge in [0.2, 0.25) is 5.88 Å².